The molecular formula is C16H16N2O3. The number of nitrogens with zero attached hydrogens (tertiary/aromatic N) is 1. The van der Waals surface area contributed by atoms with Gasteiger partial charge in [0.25, 0.3) is 0 Å². The molecule has 0 aliphatic rings. The summed E-state index contributed by atoms with van der Waals surface area (Å²) in [7, 11) is 0. The van der Waals surface area contributed by atoms with Gasteiger partial charge in [0.05, 0.1) is 0 Å². The summed E-state index contributed by atoms with van der Waals surface area (Å²) in [6.07, 6.45) is 0. The zero-order chi connectivity index (χ0) is 15.2. The number of nitrogens with one attached hydrogen (secondary N) is 1. The summed E-state index contributed by atoms with van der Waals surface area (Å²) >= 11 is 0. The predicted molar refractivity (Wildman–Crippen MR) is 81.6 cm³/mol. The highest BCUT2D eigenvalue weighted by molar-refractivity contribution is 6.04. The number of aryl methyl sites for hydroxylation is 1. The van der Waals surface area contributed by atoms with Crippen molar-refractivity contribution in [1.29, 1.82) is 0 Å². The minimum absolute atomic E-state index is 0.401. The molecule has 0 fully saturated rings. The van der Waals surface area contributed by atoms with Gasteiger partial charge in [0.1, 0.15) is 6.54 Å². The number of hydrogen-bond acceptors (Lipinski definition) is 2. The Morgan fingerprint density at radius 2 is 1.81 bits per heavy atom. The summed E-state index contributed by atoms with van der Waals surface area (Å²) in [4.78, 5) is 24.5. The van der Waals surface area contributed by atoms with Gasteiger partial charge in [-0.2, -0.15) is 0 Å². The number of aliphatic carboxylic acids is 1. The van der Waals surface area contributed by atoms with Crippen molar-refractivity contribution in [2.45, 2.75) is 6.92 Å². The van der Waals surface area contributed by atoms with Crippen molar-refractivity contribution in [2.75, 3.05) is 16.8 Å². The van der Waals surface area contributed by atoms with Crippen LogP contribution < -0.4 is 10.2 Å². The fourth-order valence-corrected chi connectivity index (χ4v) is 1.94. The molecule has 0 unspecified atom stereocenters. The molecule has 0 heterocycles. The number of carboxylic acid groups (broad SMARTS) is 1. The number of hydrogen-bond donors (Lipinski definition) is 2. The molecule has 5 heteroatoms. The van der Waals surface area contributed by atoms with Crippen LogP contribution in [-0.2, 0) is 4.79 Å². The number of benzene rings is 2. The van der Waals surface area contributed by atoms with Crippen molar-refractivity contribution >= 4 is 23.4 Å². The van der Waals surface area contributed by atoms with Crippen molar-refractivity contribution in [1.82, 2.24) is 0 Å². The van der Waals surface area contributed by atoms with Gasteiger partial charge in [-0.05, 0) is 36.8 Å². The summed E-state index contributed by atoms with van der Waals surface area (Å²) < 4.78 is 0. The second kappa shape index (κ2) is 6.56. The van der Waals surface area contributed by atoms with Crippen molar-refractivity contribution in [2.24, 2.45) is 0 Å². The van der Waals surface area contributed by atoms with Crippen molar-refractivity contribution < 1.29 is 14.7 Å². The van der Waals surface area contributed by atoms with Crippen LogP contribution in [0.5, 0.6) is 0 Å². The van der Waals surface area contributed by atoms with Gasteiger partial charge in [-0.15, -0.1) is 0 Å². The fraction of sp³-hybridized carbons (Fsp3) is 0.125. The smallest absolute Gasteiger partial charge is 0.326 e. The van der Waals surface area contributed by atoms with Crippen molar-refractivity contribution in [3.8, 4) is 0 Å². The Labute approximate surface area is 122 Å². The molecule has 0 aromatic heterocycles. The number of urea groups is 1. The van der Waals surface area contributed by atoms with E-state index in [1.165, 1.54) is 4.90 Å². The summed E-state index contributed by atoms with van der Waals surface area (Å²) in [5.74, 6) is -1.07. The highest BCUT2D eigenvalue weighted by atomic mass is 16.4. The zero-order valence-electron chi connectivity index (χ0n) is 11.6. The average Bonchev–Trinajstić information content (AvgIpc) is 2.45. The number of carbonyl (C=O) groups is 2. The summed E-state index contributed by atoms with van der Waals surface area (Å²) in [5, 5.41) is 11.7. The maximum Gasteiger partial charge on any atom is 0.326 e. The van der Waals surface area contributed by atoms with Crippen LogP contribution in [0.4, 0.5) is 16.2 Å². The maximum absolute atomic E-state index is 12.3. The molecular weight excluding hydrogens is 268 g/mol. The van der Waals surface area contributed by atoms with E-state index in [9.17, 15) is 9.59 Å². The van der Waals surface area contributed by atoms with Crippen LogP contribution in [-0.4, -0.2) is 23.7 Å². The van der Waals surface area contributed by atoms with Crippen LogP contribution in [0.3, 0.4) is 0 Å². The van der Waals surface area contributed by atoms with E-state index in [1.807, 2.05) is 25.1 Å². The van der Waals surface area contributed by atoms with Gasteiger partial charge < -0.3 is 10.4 Å². The largest absolute Gasteiger partial charge is 0.480 e. The molecule has 2 aromatic carbocycles. The molecule has 5 nitrogen and oxygen atoms in total. The lowest BCUT2D eigenvalue weighted by Crippen LogP contribution is -2.38. The number of amides is 2. The van der Waals surface area contributed by atoms with E-state index in [4.69, 9.17) is 5.11 Å². The third-order valence-corrected chi connectivity index (χ3v) is 2.88. The minimum Gasteiger partial charge on any atom is -0.480 e. The molecule has 108 valence electrons. The Morgan fingerprint density at radius 3 is 2.43 bits per heavy atom. The number of para-hydroxylation sites is 1. The molecule has 21 heavy (non-hydrogen) atoms. The molecule has 0 atom stereocenters. The van der Waals surface area contributed by atoms with Crippen molar-refractivity contribution in [3.63, 3.8) is 0 Å². The normalized spacial score (nSPS) is 9.95. The van der Waals surface area contributed by atoms with Gasteiger partial charge in [-0.25, -0.2) is 4.79 Å². The van der Waals surface area contributed by atoms with Gasteiger partial charge in [0.15, 0.2) is 0 Å². The first-order valence-electron chi connectivity index (χ1n) is 6.48. The Kier molecular flexibility index (Phi) is 4.56. The quantitative estimate of drug-likeness (QED) is 0.906. The van der Waals surface area contributed by atoms with Crippen LogP contribution in [0.1, 0.15) is 5.56 Å². The van der Waals surface area contributed by atoms with Crippen LogP contribution in [0.2, 0.25) is 0 Å². The van der Waals surface area contributed by atoms with E-state index >= 15 is 0 Å². The molecule has 0 aliphatic carbocycles. The zero-order valence-corrected chi connectivity index (χ0v) is 11.6. The third kappa shape index (κ3) is 4.07. The number of rotatable bonds is 4. The van der Waals surface area contributed by atoms with E-state index in [0.29, 0.717) is 11.4 Å². The molecule has 0 radical (unpaired) electrons. The van der Waals surface area contributed by atoms with Crippen LogP contribution in [0.15, 0.2) is 54.6 Å². The second-order valence-corrected chi connectivity index (χ2v) is 4.62. The topological polar surface area (TPSA) is 69.6 Å². The summed E-state index contributed by atoms with van der Waals surface area (Å²) in [6, 6.07) is 15.6. The number of carbonyl (C=O) groups excluding carboxylic acids is 1. The first-order valence-corrected chi connectivity index (χ1v) is 6.48. The Balaban J connectivity index is 2.20. The Bertz CT molecular complexity index is 641. The second-order valence-electron chi connectivity index (χ2n) is 4.62. The van der Waals surface area contributed by atoms with Gasteiger partial charge in [-0.1, -0.05) is 30.3 Å². The average molecular weight is 284 g/mol. The fourth-order valence-electron chi connectivity index (χ4n) is 1.94. The van der Waals surface area contributed by atoms with Crippen LogP contribution in [0.25, 0.3) is 0 Å². The molecule has 0 saturated carbocycles. The van der Waals surface area contributed by atoms with Gasteiger partial charge >= 0.3 is 12.0 Å². The van der Waals surface area contributed by atoms with E-state index in [-0.39, 0.29) is 0 Å². The van der Waals surface area contributed by atoms with Gasteiger partial charge in [-0.3, -0.25) is 9.69 Å². The standard InChI is InChI=1S/C16H16N2O3/c1-12-6-5-7-13(10-12)17-16(21)18(11-15(19)20)14-8-3-2-4-9-14/h2-10H,11H2,1H3,(H,17,21)(H,19,20). The first-order chi connectivity index (χ1) is 10.1. The Morgan fingerprint density at radius 1 is 1.10 bits per heavy atom. The first kappa shape index (κ1) is 14.6. The minimum atomic E-state index is -1.07. The van der Waals surface area contributed by atoms with Crippen LogP contribution in [0, 0.1) is 6.92 Å². The lowest BCUT2D eigenvalue weighted by Gasteiger charge is -2.21. The molecule has 2 rings (SSSR count). The maximum atomic E-state index is 12.3. The van der Waals surface area contributed by atoms with E-state index in [2.05, 4.69) is 5.32 Å². The lowest BCUT2D eigenvalue weighted by atomic mass is 10.2. The van der Waals surface area contributed by atoms with E-state index in [1.54, 1.807) is 36.4 Å². The third-order valence-electron chi connectivity index (χ3n) is 2.88. The molecule has 0 aliphatic heterocycles. The van der Waals surface area contributed by atoms with Crippen molar-refractivity contribution in [3.05, 3.63) is 60.2 Å². The SMILES string of the molecule is Cc1cccc(NC(=O)N(CC(=O)O)c2ccccc2)c1. The predicted octanol–water partition coefficient (Wildman–Crippen LogP) is 3.12. The molecule has 0 saturated heterocycles. The Hall–Kier alpha value is -2.82. The highest BCUT2D eigenvalue weighted by Crippen LogP contribution is 2.16. The monoisotopic (exact) mass is 284 g/mol. The van der Waals surface area contributed by atoms with Gasteiger partial charge in [0, 0.05) is 11.4 Å². The van der Waals surface area contributed by atoms with E-state index in [0.717, 1.165) is 5.56 Å². The van der Waals surface area contributed by atoms with E-state index < -0.39 is 18.5 Å². The molecule has 0 spiro atoms. The van der Waals surface area contributed by atoms with Gasteiger partial charge in [0.2, 0.25) is 0 Å². The number of anilines is 2. The summed E-state index contributed by atoms with van der Waals surface area (Å²) in [5.41, 5.74) is 2.17. The molecule has 2 aromatic rings. The summed E-state index contributed by atoms with van der Waals surface area (Å²) in [6.45, 7) is 1.52. The number of carboxylic acids is 1. The highest BCUT2D eigenvalue weighted by Gasteiger charge is 2.18. The lowest BCUT2D eigenvalue weighted by molar-refractivity contribution is -0.135. The molecule has 0 bridgehead atoms. The van der Waals surface area contributed by atoms with Crippen LogP contribution >= 0.6 is 0 Å². The molecule has 2 N–H and O–H groups in total. The molecule has 2 amide bonds.